The molecular formula is C14H20ClNO2. The Labute approximate surface area is 113 Å². The van der Waals surface area contributed by atoms with E-state index in [1.807, 2.05) is 13.0 Å². The minimum Gasteiger partial charge on any atom is -0.493 e. The Morgan fingerprint density at radius 3 is 2.44 bits per heavy atom. The molecule has 0 radical (unpaired) electrons. The zero-order chi connectivity index (χ0) is 13.1. The van der Waals surface area contributed by atoms with E-state index in [1.165, 1.54) is 0 Å². The molecule has 1 aromatic carbocycles. The van der Waals surface area contributed by atoms with Crippen molar-refractivity contribution in [2.45, 2.75) is 25.7 Å². The number of hydrogen-bond acceptors (Lipinski definition) is 3. The predicted octanol–water partition coefficient (Wildman–Crippen LogP) is 3.13. The summed E-state index contributed by atoms with van der Waals surface area (Å²) in [5, 5.41) is 4.19. The molecule has 1 aliphatic rings. The highest BCUT2D eigenvalue weighted by atomic mass is 35.5. The van der Waals surface area contributed by atoms with Crippen LogP contribution < -0.4 is 14.8 Å². The smallest absolute Gasteiger partial charge is 0.165 e. The van der Waals surface area contributed by atoms with Gasteiger partial charge in [0.25, 0.3) is 0 Å². The van der Waals surface area contributed by atoms with Gasteiger partial charge in [0.05, 0.1) is 19.2 Å². The van der Waals surface area contributed by atoms with Crippen molar-refractivity contribution in [2.75, 3.05) is 27.3 Å². The first kappa shape index (κ1) is 13.5. The Balaban J connectivity index is 2.51. The molecule has 1 fully saturated rings. The van der Waals surface area contributed by atoms with Crippen LogP contribution in [0, 0.1) is 6.92 Å². The van der Waals surface area contributed by atoms with Crippen molar-refractivity contribution >= 4 is 11.6 Å². The molecule has 0 amide bonds. The maximum atomic E-state index is 6.48. The number of halogens is 1. The van der Waals surface area contributed by atoms with Crippen LogP contribution in [0.15, 0.2) is 6.07 Å². The molecule has 0 bridgehead atoms. The zero-order valence-electron chi connectivity index (χ0n) is 11.2. The van der Waals surface area contributed by atoms with Crippen molar-refractivity contribution in [3.05, 3.63) is 22.2 Å². The number of methoxy groups -OCH3 is 2. The van der Waals surface area contributed by atoms with Crippen LogP contribution in [0.25, 0.3) is 0 Å². The van der Waals surface area contributed by atoms with Gasteiger partial charge in [-0.25, -0.2) is 0 Å². The summed E-state index contributed by atoms with van der Waals surface area (Å²) in [7, 11) is 3.34. The molecule has 18 heavy (non-hydrogen) atoms. The van der Waals surface area contributed by atoms with Gasteiger partial charge in [-0.1, -0.05) is 11.6 Å². The molecule has 0 unspecified atom stereocenters. The third-order valence-electron chi connectivity index (χ3n) is 3.57. The van der Waals surface area contributed by atoms with Crippen LogP contribution in [-0.4, -0.2) is 27.3 Å². The predicted molar refractivity (Wildman–Crippen MR) is 74.1 cm³/mol. The third kappa shape index (κ3) is 2.43. The molecule has 3 nitrogen and oxygen atoms in total. The number of aryl methyl sites for hydroxylation is 1. The fraction of sp³-hybridized carbons (Fsp3) is 0.571. The number of piperidine rings is 1. The van der Waals surface area contributed by atoms with Gasteiger partial charge in [0.1, 0.15) is 0 Å². The molecule has 4 heteroatoms. The summed E-state index contributed by atoms with van der Waals surface area (Å²) in [5.74, 6) is 2.01. The number of hydrogen-bond donors (Lipinski definition) is 1. The lowest BCUT2D eigenvalue weighted by Crippen LogP contribution is -2.27. The minimum absolute atomic E-state index is 0.447. The molecule has 0 aliphatic carbocycles. The molecule has 1 saturated heterocycles. The maximum Gasteiger partial charge on any atom is 0.165 e. The standard InChI is InChI=1S/C14H20ClNO2/c1-9-8-11(17-2)14(18-3)12(13(9)15)10-4-6-16-7-5-10/h8,10,16H,4-7H2,1-3H3. The SMILES string of the molecule is COc1cc(C)c(Cl)c(C2CCNCC2)c1OC. The topological polar surface area (TPSA) is 30.5 Å². The van der Waals surface area contributed by atoms with Crippen LogP contribution in [0.5, 0.6) is 11.5 Å². The van der Waals surface area contributed by atoms with Crippen LogP contribution in [-0.2, 0) is 0 Å². The Bertz CT molecular complexity index is 428. The second-order valence-corrected chi connectivity index (χ2v) is 5.06. The Morgan fingerprint density at radius 2 is 1.89 bits per heavy atom. The van der Waals surface area contributed by atoms with Crippen LogP contribution >= 0.6 is 11.6 Å². The number of rotatable bonds is 3. The second kappa shape index (κ2) is 5.81. The van der Waals surface area contributed by atoms with Crippen LogP contribution in [0.1, 0.15) is 29.9 Å². The fourth-order valence-electron chi connectivity index (χ4n) is 2.61. The molecule has 2 rings (SSSR count). The van der Waals surface area contributed by atoms with Gasteiger partial charge in [0.15, 0.2) is 11.5 Å². The first-order valence-corrected chi connectivity index (χ1v) is 6.68. The molecule has 100 valence electrons. The highest BCUT2D eigenvalue weighted by Crippen LogP contribution is 2.44. The molecule has 1 heterocycles. The lowest BCUT2D eigenvalue weighted by Gasteiger charge is -2.27. The molecule has 0 aromatic heterocycles. The average Bonchev–Trinajstić information content (AvgIpc) is 2.42. The summed E-state index contributed by atoms with van der Waals surface area (Å²) < 4.78 is 10.9. The van der Waals surface area contributed by atoms with E-state index in [0.717, 1.165) is 53.6 Å². The number of benzene rings is 1. The monoisotopic (exact) mass is 269 g/mol. The first-order valence-electron chi connectivity index (χ1n) is 6.30. The van der Waals surface area contributed by atoms with E-state index in [2.05, 4.69) is 5.32 Å². The Morgan fingerprint density at radius 1 is 1.22 bits per heavy atom. The van der Waals surface area contributed by atoms with Crippen molar-refractivity contribution in [3.8, 4) is 11.5 Å². The third-order valence-corrected chi connectivity index (χ3v) is 4.07. The molecule has 1 aliphatic heterocycles. The molecule has 0 saturated carbocycles. The Kier molecular flexibility index (Phi) is 4.36. The van der Waals surface area contributed by atoms with Gasteiger partial charge >= 0.3 is 0 Å². The van der Waals surface area contributed by atoms with Gasteiger partial charge in [-0.15, -0.1) is 0 Å². The van der Waals surface area contributed by atoms with E-state index in [-0.39, 0.29) is 0 Å². The summed E-state index contributed by atoms with van der Waals surface area (Å²) >= 11 is 6.48. The fourth-order valence-corrected chi connectivity index (χ4v) is 2.90. The summed E-state index contributed by atoms with van der Waals surface area (Å²) in [6.45, 7) is 4.07. The average molecular weight is 270 g/mol. The van der Waals surface area contributed by atoms with Gasteiger partial charge in [0, 0.05) is 5.56 Å². The summed E-state index contributed by atoms with van der Waals surface area (Å²) in [4.78, 5) is 0. The van der Waals surface area contributed by atoms with Gasteiger partial charge in [0.2, 0.25) is 0 Å². The molecule has 1 N–H and O–H groups in total. The summed E-state index contributed by atoms with van der Waals surface area (Å²) in [5.41, 5.74) is 2.15. The second-order valence-electron chi connectivity index (χ2n) is 4.68. The quantitative estimate of drug-likeness (QED) is 0.915. The normalized spacial score (nSPS) is 16.7. The largest absolute Gasteiger partial charge is 0.493 e. The summed E-state index contributed by atoms with van der Waals surface area (Å²) in [6, 6.07) is 1.94. The first-order chi connectivity index (χ1) is 8.69. The van der Waals surface area contributed by atoms with Crippen molar-refractivity contribution < 1.29 is 9.47 Å². The molecule has 1 aromatic rings. The van der Waals surface area contributed by atoms with Crippen LogP contribution in [0.2, 0.25) is 5.02 Å². The van der Waals surface area contributed by atoms with Gasteiger partial charge < -0.3 is 14.8 Å². The Hall–Kier alpha value is -0.930. The van der Waals surface area contributed by atoms with E-state index in [1.54, 1.807) is 14.2 Å². The van der Waals surface area contributed by atoms with Crippen LogP contribution in [0.4, 0.5) is 0 Å². The van der Waals surface area contributed by atoms with Crippen molar-refractivity contribution in [1.82, 2.24) is 5.32 Å². The minimum atomic E-state index is 0.447. The van der Waals surface area contributed by atoms with E-state index < -0.39 is 0 Å². The zero-order valence-corrected chi connectivity index (χ0v) is 11.9. The number of nitrogens with one attached hydrogen (secondary N) is 1. The van der Waals surface area contributed by atoms with E-state index in [4.69, 9.17) is 21.1 Å². The van der Waals surface area contributed by atoms with Gasteiger partial charge in [-0.3, -0.25) is 0 Å². The van der Waals surface area contributed by atoms with E-state index in [0.29, 0.717) is 5.92 Å². The summed E-state index contributed by atoms with van der Waals surface area (Å²) in [6.07, 6.45) is 2.17. The van der Waals surface area contributed by atoms with Gasteiger partial charge in [-0.05, 0) is 50.4 Å². The highest BCUT2D eigenvalue weighted by molar-refractivity contribution is 6.32. The number of ether oxygens (including phenoxy) is 2. The van der Waals surface area contributed by atoms with Crippen molar-refractivity contribution in [3.63, 3.8) is 0 Å². The highest BCUT2D eigenvalue weighted by Gasteiger charge is 2.25. The van der Waals surface area contributed by atoms with Crippen molar-refractivity contribution in [2.24, 2.45) is 0 Å². The van der Waals surface area contributed by atoms with E-state index in [9.17, 15) is 0 Å². The van der Waals surface area contributed by atoms with Crippen molar-refractivity contribution in [1.29, 1.82) is 0 Å². The lowest BCUT2D eigenvalue weighted by atomic mass is 9.88. The van der Waals surface area contributed by atoms with Crippen LogP contribution in [0.3, 0.4) is 0 Å². The molecule has 0 spiro atoms. The molecule has 0 atom stereocenters. The van der Waals surface area contributed by atoms with E-state index >= 15 is 0 Å². The lowest BCUT2D eigenvalue weighted by molar-refractivity contribution is 0.344. The molecular weight excluding hydrogens is 250 g/mol. The maximum absolute atomic E-state index is 6.48. The van der Waals surface area contributed by atoms with Gasteiger partial charge in [-0.2, -0.15) is 0 Å².